The highest BCUT2D eigenvalue weighted by atomic mass is 35.7. The Morgan fingerprint density at radius 3 is 2.27 bits per heavy atom. The van der Waals surface area contributed by atoms with Gasteiger partial charge in [0.2, 0.25) is 0 Å². The molecule has 1 aromatic rings. The van der Waals surface area contributed by atoms with Crippen molar-refractivity contribution in [2.75, 3.05) is 5.73 Å². The number of rotatable bonds is 3. The van der Waals surface area contributed by atoms with Crippen molar-refractivity contribution in [3.63, 3.8) is 0 Å². The van der Waals surface area contributed by atoms with Gasteiger partial charge in [-0.3, -0.25) is 0 Å². The zero-order valence-electron chi connectivity index (χ0n) is 8.75. The standard InChI is InChI=1S/C10H14ClNO2S/c1-3-7-5-6-9(15(11,13)14)8(4-2)10(7)12/h5-6H,3-4,12H2,1-2H3. The summed E-state index contributed by atoms with van der Waals surface area (Å²) in [7, 11) is 1.63. The first-order valence-corrected chi connectivity index (χ1v) is 7.07. The molecule has 0 spiro atoms. The molecule has 0 radical (unpaired) electrons. The lowest BCUT2D eigenvalue weighted by Crippen LogP contribution is -2.04. The van der Waals surface area contributed by atoms with Crippen molar-refractivity contribution in [3.05, 3.63) is 23.3 Å². The molecule has 0 aliphatic heterocycles. The number of benzene rings is 1. The van der Waals surface area contributed by atoms with Crippen molar-refractivity contribution in [2.45, 2.75) is 31.6 Å². The molecule has 84 valence electrons. The molecule has 0 atom stereocenters. The van der Waals surface area contributed by atoms with Crippen LogP contribution in [-0.2, 0) is 21.9 Å². The van der Waals surface area contributed by atoms with Gasteiger partial charge in [-0.25, -0.2) is 8.42 Å². The van der Waals surface area contributed by atoms with Crippen LogP contribution >= 0.6 is 10.7 Å². The number of hydrogen-bond acceptors (Lipinski definition) is 3. The first-order valence-electron chi connectivity index (χ1n) is 4.76. The van der Waals surface area contributed by atoms with E-state index in [9.17, 15) is 8.42 Å². The van der Waals surface area contributed by atoms with E-state index in [2.05, 4.69) is 0 Å². The summed E-state index contributed by atoms with van der Waals surface area (Å²) in [5.41, 5.74) is 7.99. The predicted molar refractivity (Wildman–Crippen MR) is 62.6 cm³/mol. The average molecular weight is 248 g/mol. The molecule has 1 rings (SSSR count). The highest BCUT2D eigenvalue weighted by molar-refractivity contribution is 8.13. The van der Waals surface area contributed by atoms with Gasteiger partial charge in [0.15, 0.2) is 0 Å². The van der Waals surface area contributed by atoms with Gasteiger partial charge in [-0.15, -0.1) is 0 Å². The average Bonchev–Trinajstić information content (AvgIpc) is 2.15. The number of hydrogen-bond donors (Lipinski definition) is 1. The van der Waals surface area contributed by atoms with E-state index >= 15 is 0 Å². The molecule has 0 fully saturated rings. The molecule has 0 bridgehead atoms. The molecule has 0 saturated carbocycles. The quantitative estimate of drug-likeness (QED) is 0.659. The highest BCUT2D eigenvalue weighted by Crippen LogP contribution is 2.28. The van der Waals surface area contributed by atoms with Crippen LogP contribution in [0.1, 0.15) is 25.0 Å². The second-order valence-corrected chi connectivity index (χ2v) is 5.79. The maximum atomic E-state index is 11.3. The van der Waals surface area contributed by atoms with Crippen LogP contribution in [0.25, 0.3) is 0 Å². The summed E-state index contributed by atoms with van der Waals surface area (Å²) in [6, 6.07) is 3.24. The molecule has 0 aromatic heterocycles. The zero-order chi connectivity index (χ0) is 11.6. The number of nitrogens with two attached hydrogens (primary N) is 1. The van der Waals surface area contributed by atoms with Gasteiger partial charge in [0.25, 0.3) is 9.05 Å². The molecule has 0 saturated heterocycles. The summed E-state index contributed by atoms with van der Waals surface area (Å²) in [5.74, 6) is 0. The first-order chi connectivity index (χ1) is 6.91. The minimum atomic E-state index is -3.70. The van der Waals surface area contributed by atoms with E-state index in [1.807, 2.05) is 13.8 Å². The minimum Gasteiger partial charge on any atom is -0.398 e. The van der Waals surface area contributed by atoms with Crippen molar-refractivity contribution in [2.24, 2.45) is 0 Å². The summed E-state index contributed by atoms with van der Waals surface area (Å²) in [6.45, 7) is 3.83. The highest BCUT2D eigenvalue weighted by Gasteiger charge is 2.17. The molecule has 3 nitrogen and oxygen atoms in total. The van der Waals surface area contributed by atoms with Crippen molar-refractivity contribution in [3.8, 4) is 0 Å². The molecule has 1 aromatic carbocycles. The van der Waals surface area contributed by atoms with Crippen LogP contribution in [0.3, 0.4) is 0 Å². The van der Waals surface area contributed by atoms with Gasteiger partial charge in [-0.05, 0) is 30.0 Å². The lowest BCUT2D eigenvalue weighted by Gasteiger charge is -2.11. The van der Waals surface area contributed by atoms with Crippen LogP contribution in [0.5, 0.6) is 0 Å². The fraction of sp³-hybridized carbons (Fsp3) is 0.400. The molecule has 0 amide bonds. The Balaban J connectivity index is 3.52. The summed E-state index contributed by atoms with van der Waals surface area (Å²) in [5, 5.41) is 0. The van der Waals surface area contributed by atoms with Crippen molar-refractivity contribution in [1.29, 1.82) is 0 Å². The van der Waals surface area contributed by atoms with Crippen LogP contribution in [0.15, 0.2) is 17.0 Å². The topological polar surface area (TPSA) is 60.2 Å². The van der Waals surface area contributed by atoms with E-state index in [0.717, 1.165) is 12.0 Å². The third-order valence-electron chi connectivity index (χ3n) is 2.40. The smallest absolute Gasteiger partial charge is 0.261 e. The SMILES string of the molecule is CCc1ccc(S(=O)(=O)Cl)c(CC)c1N. The van der Waals surface area contributed by atoms with Crippen LogP contribution in [0.2, 0.25) is 0 Å². The molecule has 0 unspecified atom stereocenters. The van der Waals surface area contributed by atoms with Crippen LogP contribution in [0.4, 0.5) is 5.69 Å². The zero-order valence-corrected chi connectivity index (χ0v) is 10.3. The first kappa shape index (κ1) is 12.3. The largest absolute Gasteiger partial charge is 0.398 e. The Morgan fingerprint density at radius 2 is 1.87 bits per heavy atom. The molecule has 0 aliphatic rings. The molecule has 2 N–H and O–H groups in total. The van der Waals surface area contributed by atoms with E-state index in [1.54, 1.807) is 6.07 Å². The van der Waals surface area contributed by atoms with Crippen LogP contribution in [0, 0.1) is 0 Å². The lowest BCUT2D eigenvalue weighted by atomic mass is 10.0. The Morgan fingerprint density at radius 1 is 1.27 bits per heavy atom. The molecular weight excluding hydrogens is 234 g/mol. The maximum absolute atomic E-state index is 11.3. The van der Waals surface area contributed by atoms with Gasteiger partial charge in [-0.2, -0.15) is 0 Å². The fourth-order valence-electron chi connectivity index (χ4n) is 1.59. The monoisotopic (exact) mass is 247 g/mol. The Labute approximate surface area is 94.7 Å². The van der Waals surface area contributed by atoms with Crippen molar-refractivity contribution in [1.82, 2.24) is 0 Å². The van der Waals surface area contributed by atoms with Gasteiger partial charge in [-0.1, -0.05) is 19.9 Å². The third kappa shape index (κ3) is 2.44. The number of halogens is 1. The van der Waals surface area contributed by atoms with E-state index in [0.29, 0.717) is 17.7 Å². The Kier molecular flexibility index (Phi) is 3.62. The summed E-state index contributed by atoms with van der Waals surface area (Å²) in [4.78, 5) is 0.126. The Hall–Kier alpha value is -0.740. The predicted octanol–water partition coefficient (Wildman–Crippen LogP) is 2.32. The van der Waals surface area contributed by atoms with Crippen LogP contribution in [-0.4, -0.2) is 8.42 Å². The van der Waals surface area contributed by atoms with E-state index < -0.39 is 9.05 Å². The summed E-state index contributed by atoms with van der Waals surface area (Å²) < 4.78 is 22.5. The van der Waals surface area contributed by atoms with Crippen LogP contribution < -0.4 is 5.73 Å². The number of nitrogen functional groups attached to an aromatic ring is 1. The lowest BCUT2D eigenvalue weighted by molar-refractivity contribution is 0.608. The van der Waals surface area contributed by atoms with Gasteiger partial charge in [0.1, 0.15) is 0 Å². The summed E-state index contributed by atoms with van der Waals surface area (Å²) >= 11 is 0. The maximum Gasteiger partial charge on any atom is 0.261 e. The van der Waals surface area contributed by atoms with Crippen molar-refractivity contribution >= 4 is 25.4 Å². The number of aryl methyl sites for hydroxylation is 1. The molecule has 5 heteroatoms. The van der Waals surface area contributed by atoms with E-state index in [4.69, 9.17) is 16.4 Å². The Bertz CT molecular complexity index is 469. The molecule has 15 heavy (non-hydrogen) atoms. The van der Waals surface area contributed by atoms with E-state index in [-0.39, 0.29) is 4.90 Å². The second kappa shape index (κ2) is 4.41. The van der Waals surface area contributed by atoms with Gasteiger partial charge < -0.3 is 5.73 Å². The number of anilines is 1. The molecule has 0 aliphatic carbocycles. The van der Waals surface area contributed by atoms with Gasteiger partial charge in [0.05, 0.1) is 4.90 Å². The molecule has 0 heterocycles. The van der Waals surface area contributed by atoms with E-state index in [1.165, 1.54) is 6.07 Å². The third-order valence-corrected chi connectivity index (χ3v) is 3.81. The van der Waals surface area contributed by atoms with Gasteiger partial charge >= 0.3 is 0 Å². The second-order valence-electron chi connectivity index (χ2n) is 3.26. The fourth-order valence-corrected chi connectivity index (χ4v) is 2.81. The van der Waals surface area contributed by atoms with Crippen molar-refractivity contribution < 1.29 is 8.42 Å². The van der Waals surface area contributed by atoms with Gasteiger partial charge in [0, 0.05) is 16.4 Å². The minimum absolute atomic E-state index is 0.126. The summed E-state index contributed by atoms with van der Waals surface area (Å²) in [6.07, 6.45) is 1.34. The molecular formula is C10H14ClNO2S. The normalized spacial score (nSPS) is 11.7.